The molecule has 1 N–H and O–H groups in total. The predicted molar refractivity (Wildman–Crippen MR) is 93.2 cm³/mol. The second kappa shape index (κ2) is 7.18. The molecule has 0 aliphatic heterocycles. The lowest BCUT2D eigenvalue weighted by molar-refractivity contribution is 0.241. The third-order valence-corrected chi connectivity index (χ3v) is 4.85. The van der Waals surface area contributed by atoms with E-state index in [0.29, 0.717) is 0 Å². The van der Waals surface area contributed by atoms with Crippen molar-refractivity contribution in [3.05, 3.63) is 54.0 Å². The van der Waals surface area contributed by atoms with Gasteiger partial charge in [0.2, 0.25) is 0 Å². The average Bonchev–Trinajstić information content (AvgIpc) is 3.19. The molecule has 0 radical (unpaired) electrons. The van der Waals surface area contributed by atoms with Crippen LogP contribution in [-0.2, 0) is 19.4 Å². The van der Waals surface area contributed by atoms with Gasteiger partial charge in [0.05, 0.1) is 6.20 Å². The van der Waals surface area contributed by atoms with E-state index in [0.717, 1.165) is 30.2 Å². The van der Waals surface area contributed by atoms with Gasteiger partial charge in [0.25, 0.3) is 0 Å². The molecule has 8 heteroatoms. The Labute approximate surface area is 143 Å². The molecule has 6 nitrogen and oxygen atoms in total. The molecule has 0 spiro atoms. The van der Waals surface area contributed by atoms with Crippen molar-refractivity contribution >= 4 is 22.5 Å². The lowest BCUT2D eigenvalue weighted by Crippen LogP contribution is -2.30. The van der Waals surface area contributed by atoms with Crippen molar-refractivity contribution in [3.8, 4) is 0 Å². The summed E-state index contributed by atoms with van der Waals surface area (Å²) in [7, 11) is 1.40. The summed E-state index contributed by atoms with van der Waals surface area (Å²) >= 11 is 4.30. The van der Waals surface area contributed by atoms with Gasteiger partial charge in [-0.25, -0.2) is 0 Å². The Morgan fingerprint density at radius 1 is 1.22 bits per heavy atom. The van der Waals surface area contributed by atoms with Gasteiger partial charge in [-0.15, -0.1) is 21.9 Å². The van der Waals surface area contributed by atoms with Crippen LogP contribution in [0.15, 0.2) is 47.6 Å². The summed E-state index contributed by atoms with van der Waals surface area (Å²) in [6.07, 6.45) is 3.42. The van der Waals surface area contributed by atoms with Crippen LogP contribution in [0.5, 0.6) is 0 Å². The predicted octanol–water partition coefficient (Wildman–Crippen LogP) is 2.82. The van der Waals surface area contributed by atoms with E-state index in [2.05, 4.69) is 68.6 Å². The maximum atomic E-state index is 4.43. The zero-order valence-corrected chi connectivity index (χ0v) is 14.5. The topological polar surface area (TPSA) is 72.3 Å². The molecule has 0 aliphatic rings. The highest BCUT2D eigenvalue weighted by Crippen LogP contribution is 2.31. The van der Waals surface area contributed by atoms with Crippen LogP contribution in [0.25, 0.3) is 0 Å². The van der Waals surface area contributed by atoms with E-state index in [-0.39, 0.29) is 5.41 Å². The summed E-state index contributed by atoms with van der Waals surface area (Å²) in [5.74, 6) is 0.718. The number of aromatic amines is 1. The molecule has 120 valence electrons. The van der Waals surface area contributed by atoms with Crippen LogP contribution in [0.4, 0.5) is 0 Å². The Kier molecular flexibility index (Phi) is 5.02. The van der Waals surface area contributed by atoms with Gasteiger partial charge in [0.15, 0.2) is 5.82 Å². The van der Waals surface area contributed by atoms with Gasteiger partial charge < -0.3 is 0 Å². The van der Waals surface area contributed by atoms with Crippen LogP contribution in [0, 0.1) is 5.41 Å². The van der Waals surface area contributed by atoms with E-state index in [4.69, 9.17) is 0 Å². The van der Waals surface area contributed by atoms with Crippen LogP contribution in [0.3, 0.4) is 0 Å². The standard InChI is InChI=1S/C15H18N6S2/c1-15(10-13-17-19-20-18-13,9-12-5-3-2-4-6-12)11-21-14(23-22)7-8-16-21/h2-8,22H,9-11H2,1H3,(H,17,18,19,20)/t15-/m1/s1. The number of nitrogens with one attached hydrogen (secondary N) is 1. The molecule has 3 aromatic rings. The maximum absolute atomic E-state index is 4.43. The molecule has 0 fully saturated rings. The molecular formula is C15H18N6S2. The monoisotopic (exact) mass is 346 g/mol. The highest BCUT2D eigenvalue weighted by atomic mass is 33.1. The maximum Gasteiger partial charge on any atom is 0.175 e. The third-order valence-electron chi connectivity index (χ3n) is 3.75. The van der Waals surface area contributed by atoms with Gasteiger partial charge in [-0.05, 0) is 34.3 Å². The first-order valence-corrected chi connectivity index (χ1v) is 9.15. The third kappa shape index (κ3) is 4.14. The Balaban J connectivity index is 1.86. The van der Waals surface area contributed by atoms with Crippen LogP contribution in [0.1, 0.15) is 18.3 Å². The van der Waals surface area contributed by atoms with Gasteiger partial charge in [0, 0.05) is 13.0 Å². The van der Waals surface area contributed by atoms with Crippen molar-refractivity contribution < 1.29 is 0 Å². The molecule has 23 heavy (non-hydrogen) atoms. The van der Waals surface area contributed by atoms with E-state index < -0.39 is 0 Å². The molecule has 0 saturated carbocycles. The Bertz CT molecular complexity index is 728. The number of benzene rings is 1. The first-order valence-electron chi connectivity index (χ1n) is 7.28. The lowest BCUT2D eigenvalue weighted by atomic mass is 9.80. The van der Waals surface area contributed by atoms with Crippen molar-refractivity contribution in [2.45, 2.75) is 31.3 Å². The molecule has 0 bridgehead atoms. The number of hydrogen-bond donors (Lipinski definition) is 2. The Morgan fingerprint density at radius 3 is 2.74 bits per heavy atom. The minimum Gasteiger partial charge on any atom is -0.258 e. The van der Waals surface area contributed by atoms with Crippen LogP contribution in [-0.4, -0.2) is 30.4 Å². The fourth-order valence-electron chi connectivity index (χ4n) is 2.78. The number of tetrazole rings is 1. The summed E-state index contributed by atoms with van der Waals surface area (Å²) < 4.78 is 1.99. The molecular weight excluding hydrogens is 328 g/mol. The van der Waals surface area contributed by atoms with Crippen LogP contribution in [0.2, 0.25) is 0 Å². The molecule has 1 aromatic carbocycles. The molecule has 2 heterocycles. The van der Waals surface area contributed by atoms with Gasteiger partial charge in [-0.1, -0.05) is 42.5 Å². The number of nitrogens with zero attached hydrogens (tertiary/aromatic N) is 5. The Morgan fingerprint density at radius 2 is 2.04 bits per heavy atom. The zero-order chi connectivity index (χ0) is 16.1. The summed E-state index contributed by atoms with van der Waals surface area (Å²) in [5, 5.41) is 19.9. The summed E-state index contributed by atoms with van der Waals surface area (Å²) in [6.45, 7) is 2.98. The van der Waals surface area contributed by atoms with Gasteiger partial charge in [0.1, 0.15) is 5.03 Å². The average molecular weight is 346 g/mol. The normalized spacial score (nSPS) is 13.8. The van der Waals surface area contributed by atoms with Crippen molar-refractivity contribution in [2.24, 2.45) is 5.41 Å². The van der Waals surface area contributed by atoms with Gasteiger partial charge in [-0.3, -0.25) is 4.68 Å². The quantitative estimate of drug-likeness (QED) is 0.508. The lowest BCUT2D eigenvalue weighted by Gasteiger charge is -2.29. The first-order chi connectivity index (χ1) is 11.2. The number of aromatic nitrogens is 6. The minimum atomic E-state index is -0.0878. The molecule has 0 amide bonds. The first kappa shape index (κ1) is 16.1. The van der Waals surface area contributed by atoms with Gasteiger partial charge in [-0.2, -0.15) is 10.3 Å². The fourth-order valence-corrected chi connectivity index (χ4v) is 3.57. The number of rotatable bonds is 7. The molecule has 3 rings (SSSR count). The van der Waals surface area contributed by atoms with Crippen molar-refractivity contribution in [1.82, 2.24) is 30.4 Å². The highest BCUT2D eigenvalue weighted by Gasteiger charge is 2.29. The fraction of sp³-hybridized carbons (Fsp3) is 0.333. The number of thiol groups is 1. The molecule has 0 saturated heterocycles. The second-order valence-corrected chi connectivity index (χ2v) is 7.04. The van der Waals surface area contributed by atoms with Crippen LogP contribution < -0.4 is 0 Å². The Hall–Kier alpha value is -1.80. The molecule has 0 unspecified atom stereocenters. The summed E-state index contributed by atoms with van der Waals surface area (Å²) in [5.41, 5.74) is 1.20. The van der Waals surface area contributed by atoms with Gasteiger partial charge >= 0.3 is 0 Å². The van der Waals surface area contributed by atoms with E-state index in [1.807, 2.05) is 16.8 Å². The zero-order valence-electron chi connectivity index (χ0n) is 12.8. The molecule has 2 aromatic heterocycles. The van der Waals surface area contributed by atoms with E-state index >= 15 is 0 Å². The van der Waals surface area contributed by atoms with Crippen molar-refractivity contribution in [2.75, 3.05) is 0 Å². The van der Waals surface area contributed by atoms with Crippen molar-refractivity contribution in [1.29, 1.82) is 0 Å². The van der Waals surface area contributed by atoms with Crippen molar-refractivity contribution in [3.63, 3.8) is 0 Å². The minimum absolute atomic E-state index is 0.0878. The number of hydrogen-bond acceptors (Lipinski definition) is 6. The van der Waals surface area contributed by atoms with E-state index in [1.165, 1.54) is 16.4 Å². The van der Waals surface area contributed by atoms with Crippen LogP contribution >= 0.6 is 22.5 Å². The van der Waals surface area contributed by atoms with E-state index in [1.54, 1.807) is 6.20 Å². The second-order valence-electron chi connectivity index (χ2n) is 5.90. The summed E-state index contributed by atoms with van der Waals surface area (Å²) in [4.78, 5) is 0. The molecule has 1 atom stereocenters. The highest BCUT2D eigenvalue weighted by molar-refractivity contribution is 8.68. The largest absolute Gasteiger partial charge is 0.258 e. The summed E-state index contributed by atoms with van der Waals surface area (Å²) in [6, 6.07) is 12.4. The SMILES string of the molecule is C[C@@](Cc1ccccc1)(Cc1nn[nH]n1)Cn1nccc1SS. The molecule has 0 aliphatic carbocycles. The smallest absolute Gasteiger partial charge is 0.175 e. The number of H-pyrrole nitrogens is 1. The van der Waals surface area contributed by atoms with E-state index in [9.17, 15) is 0 Å².